The summed E-state index contributed by atoms with van der Waals surface area (Å²) in [6.07, 6.45) is 0.822. The third-order valence-electron chi connectivity index (χ3n) is 5.86. The zero-order chi connectivity index (χ0) is 20.1. The Hall–Kier alpha value is -3.19. The number of rotatable bonds is 3. The Labute approximate surface area is 166 Å². The van der Waals surface area contributed by atoms with Crippen molar-refractivity contribution in [1.82, 2.24) is 9.88 Å². The smallest absolute Gasteiger partial charge is 0.251 e. The first kappa shape index (κ1) is 17.9. The van der Waals surface area contributed by atoms with Gasteiger partial charge in [0.2, 0.25) is 5.91 Å². The number of methoxy groups -OCH3 is 1. The van der Waals surface area contributed by atoms with Gasteiger partial charge in [0, 0.05) is 36.7 Å². The number of imide groups is 1. The standard InChI is InChI=1S/C22H20FN3O3/c1-29-14-5-2-4-13(10-14)26-20(27)11-19(22(26)28)25-9-8-18-16(12-25)15-6-3-7-17(23)21(15)24-18/h2-7,10,19,24H,8-9,11-12H2,1H3/t19-/m1/s1. The summed E-state index contributed by atoms with van der Waals surface area (Å²) in [5.74, 6) is -0.128. The number of carbonyl (C=O) groups is 2. The molecule has 0 bridgehead atoms. The molecule has 0 unspecified atom stereocenters. The number of para-hydroxylation sites is 1. The number of halogens is 1. The number of benzene rings is 2. The lowest BCUT2D eigenvalue weighted by atomic mass is 10.0. The molecule has 1 aromatic heterocycles. The van der Waals surface area contributed by atoms with Crippen molar-refractivity contribution in [2.75, 3.05) is 18.6 Å². The average molecular weight is 393 g/mol. The van der Waals surface area contributed by atoms with Gasteiger partial charge in [0.15, 0.2) is 0 Å². The van der Waals surface area contributed by atoms with Gasteiger partial charge in [-0.3, -0.25) is 14.5 Å². The molecule has 2 aliphatic heterocycles. The van der Waals surface area contributed by atoms with Crippen molar-refractivity contribution in [2.45, 2.75) is 25.4 Å². The summed E-state index contributed by atoms with van der Waals surface area (Å²) >= 11 is 0. The van der Waals surface area contributed by atoms with E-state index in [9.17, 15) is 14.0 Å². The van der Waals surface area contributed by atoms with Gasteiger partial charge in [0.25, 0.3) is 5.91 Å². The lowest BCUT2D eigenvalue weighted by molar-refractivity contribution is -0.123. The van der Waals surface area contributed by atoms with Gasteiger partial charge in [-0.1, -0.05) is 18.2 Å². The van der Waals surface area contributed by atoms with E-state index in [1.165, 1.54) is 11.0 Å². The summed E-state index contributed by atoms with van der Waals surface area (Å²) in [5, 5.41) is 0.839. The van der Waals surface area contributed by atoms with Crippen molar-refractivity contribution >= 4 is 28.4 Å². The highest BCUT2D eigenvalue weighted by Gasteiger charge is 2.43. The zero-order valence-electron chi connectivity index (χ0n) is 15.9. The molecular weight excluding hydrogens is 373 g/mol. The maximum absolute atomic E-state index is 14.1. The van der Waals surface area contributed by atoms with Crippen LogP contribution in [0.25, 0.3) is 10.9 Å². The Morgan fingerprint density at radius 1 is 1.17 bits per heavy atom. The Morgan fingerprint density at radius 2 is 2.00 bits per heavy atom. The van der Waals surface area contributed by atoms with Crippen LogP contribution in [-0.4, -0.2) is 41.4 Å². The third-order valence-corrected chi connectivity index (χ3v) is 5.86. The van der Waals surface area contributed by atoms with E-state index in [-0.39, 0.29) is 24.1 Å². The minimum Gasteiger partial charge on any atom is -0.497 e. The number of amides is 2. The molecule has 1 saturated heterocycles. The highest BCUT2D eigenvalue weighted by Crippen LogP contribution is 2.33. The van der Waals surface area contributed by atoms with Gasteiger partial charge in [0.1, 0.15) is 11.6 Å². The Morgan fingerprint density at radius 3 is 2.83 bits per heavy atom. The first-order valence-electron chi connectivity index (χ1n) is 9.59. The van der Waals surface area contributed by atoms with Gasteiger partial charge in [-0.25, -0.2) is 9.29 Å². The van der Waals surface area contributed by atoms with Crippen LogP contribution >= 0.6 is 0 Å². The number of hydrogen-bond donors (Lipinski definition) is 1. The molecule has 0 aliphatic carbocycles. The molecule has 1 fully saturated rings. The second-order valence-corrected chi connectivity index (χ2v) is 7.45. The molecule has 2 aromatic carbocycles. The van der Waals surface area contributed by atoms with Crippen molar-refractivity contribution < 1.29 is 18.7 Å². The second kappa shape index (κ2) is 6.70. The van der Waals surface area contributed by atoms with Crippen LogP contribution in [-0.2, 0) is 22.6 Å². The van der Waals surface area contributed by atoms with Crippen molar-refractivity contribution in [3.05, 3.63) is 59.5 Å². The van der Waals surface area contributed by atoms with Crippen LogP contribution in [0.5, 0.6) is 5.75 Å². The largest absolute Gasteiger partial charge is 0.497 e. The van der Waals surface area contributed by atoms with Crippen LogP contribution in [0.4, 0.5) is 10.1 Å². The summed E-state index contributed by atoms with van der Waals surface area (Å²) in [5.41, 5.74) is 3.04. The quantitative estimate of drug-likeness (QED) is 0.695. The van der Waals surface area contributed by atoms with Gasteiger partial charge in [-0.2, -0.15) is 0 Å². The Kier molecular flexibility index (Phi) is 4.13. The highest BCUT2D eigenvalue weighted by molar-refractivity contribution is 6.22. The van der Waals surface area contributed by atoms with E-state index in [1.807, 2.05) is 11.0 Å². The van der Waals surface area contributed by atoms with Gasteiger partial charge in [0.05, 0.1) is 30.8 Å². The number of nitrogens with zero attached hydrogens (tertiary/aromatic N) is 2. The molecule has 0 radical (unpaired) electrons. The number of aromatic amines is 1. The van der Waals surface area contributed by atoms with Crippen molar-refractivity contribution in [3.63, 3.8) is 0 Å². The summed E-state index contributed by atoms with van der Waals surface area (Å²) in [4.78, 5) is 32.3. The normalized spacial score (nSPS) is 19.8. The van der Waals surface area contributed by atoms with Crippen LogP contribution in [0, 0.1) is 5.82 Å². The first-order chi connectivity index (χ1) is 14.1. The fourth-order valence-corrected chi connectivity index (χ4v) is 4.41. The van der Waals surface area contributed by atoms with Gasteiger partial charge in [-0.15, -0.1) is 0 Å². The van der Waals surface area contributed by atoms with Crippen molar-refractivity contribution in [3.8, 4) is 5.75 Å². The summed E-state index contributed by atoms with van der Waals surface area (Å²) in [7, 11) is 1.55. The topological polar surface area (TPSA) is 65.6 Å². The Balaban J connectivity index is 1.44. The van der Waals surface area contributed by atoms with E-state index in [0.717, 1.165) is 16.6 Å². The van der Waals surface area contributed by atoms with Crippen LogP contribution in [0.3, 0.4) is 0 Å². The van der Waals surface area contributed by atoms with Crippen LogP contribution < -0.4 is 9.64 Å². The van der Waals surface area contributed by atoms with Crippen LogP contribution in [0.15, 0.2) is 42.5 Å². The predicted octanol–water partition coefficient (Wildman–Crippen LogP) is 3.01. The van der Waals surface area contributed by atoms with Crippen molar-refractivity contribution in [1.29, 1.82) is 0 Å². The molecule has 0 spiro atoms. The molecule has 1 atom stereocenters. The number of anilines is 1. The molecule has 1 N–H and O–H groups in total. The molecular formula is C22H20FN3O3. The van der Waals surface area contributed by atoms with E-state index >= 15 is 0 Å². The fourth-order valence-electron chi connectivity index (χ4n) is 4.41. The Bertz CT molecular complexity index is 1140. The van der Waals surface area contributed by atoms with Crippen molar-refractivity contribution in [2.24, 2.45) is 0 Å². The predicted molar refractivity (Wildman–Crippen MR) is 106 cm³/mol. The number of fused-ring (bicyclic) bond motifs is 3. The number of H-pyrrole nitrogens is 1. The monoisotopic (exact) mass is 393 g/mol. The second-order valence-electron chi connectivity index (χ2n) is 7.45. The fraction of sp³-hybridized carbons (Fsp3) is 0.273. The number of nitrogens with one attached hydrogen (secondary N) is 1. The average Bonchev–Trinajstić information content (AvgIpc) is 3.25. The maximum Gasteiger partial charge on any atom is 0.251 e. The van der Waals surface area contributed by atoms with Crippen LogP contribution in [0.1, 0.15) is 17.7 Å². The van der Waals surface area contributed by atoms with E-state index in [2.05, 4.69) is 4.98 Å². The summed E-state index contributed by atoms with van der Waals surface area (Å²) < 4.78 is 19.3. The van der Waals surface area contributed by atoms with E-state index in [4.69, 9.17) is 4.74 Å². The molecule has 6 nitrogen and oxygen atoms in total. The molecule has 7 heteroatoms. The lowest BCUT2D eigenvalue weighted by Gasteiger charge is -2.31. The third kappa shape index (κ3) is 2.81. The number of aromatic nitrogens is 1. The highest BCUT2D eigenvalue weighted by atomic mass is 19.1. The van der Waals surface area contributed by atoms with E-state index in [1.54, 1.807) is 37.4 Å². The van der Waals surface area contributed by atoms with Crippen LogP contribution in [0.2, 0.25) is 0 Å². The van der Waals surface area contributed by atoms with E-state index in [0.29, 0.717) is 36.5 Å². The van der Waals surface area contributed by atoms with Gasteiger partial charge >= 0.3 is 0 Å². The van der Waals surface area contributed by atoms with Gasteiger partial charge < -0.3 is 9.72 Å². The first-order valence-corrected chi connectivity index (χ1v) is 9.59. The molecule has 2 aliphatic rings. The summed E-state index contributed by atoms with van der Waals surface area (Å²) in [6.45, 7) is 1.14. The van der Waals surface area contributed by atoms with E-state index < -0.39 is 6.04 Å². The molecule has 3 aromatic rings. The summed E-state index contributed by atoms with van der Waals surface area (Å²) in [6, 6.07) is 11.5. The number of carbonyl (C=O) groups excluding carboxylic acids is 2. The maximum atomic E-state index is 14.1. The lowest BCUT2D eigenvalue weighted by Crippen LogP contribution is -2.44. The molecule has 148 valence electrons. The molecule has 3 heterocycles. The SMILES string of the molecule is COc1cccc(N2C(=O)C[C@@H](N3CCc4[nH]c5c(F)cccc5c4C3)C2=O)c1. The molecule has 5 rings (SSSR count). The number of hydrogen-bond acceptors (Lipinski definition) is 4. The minimum absolute atomic E-state index is 0.141. The van der Waals surface area contributed by atoms with Gasteiger partial charge in [-0.05, 0) is 23.8 Å². The molecule has 29 heavy (non-hydrogen) atoms. The molecule has 0 saturated carbocycles. The molecule has 2 amide bonds. The number of ether oxygens (including phenoxy) is 1. The minimum atomic E-state index is -0.514. The zero-order valence-corrected chi connectivity index (χ0v) is 15.9.